The van der Waals surface area contributed by atoms with Gasteiger partial charge in [-0.15, -0.1) is 0 Å². The first kappa shape index (κ1) is 107. The van der Waals surface area contributed by atoms with Crippen molar-refractivity contribution in [1.29, 1.82) is 0 Å². The van der Waals surface area contributed by atoms with Gasteiger partial charge < -0.3 is 78.6 Å². The number of sulfone groups is 1. The average Bonchev–Trinajstić information content (AvgIpc) is 0.777. The molecule has 3 aliphatic rings. The van der Waals surface area contributed by atoms with E-state index in [0.29, 0.717) is 74.4 Å². The number of nitrogens with zero attached hydrogens (tertiary/aromatic N) is 3. The largest absolute Gasteiger partial charge is 0.379 e. The lowest BCUT2D eigenvalue weighted by Crippen LogP contribution is -2.50. The SMILES string of the molecule is CN1Cc2c(Cl)cc(Cl)cc2[C@H](c2cccc(S(=O)(=O)CCCOCCOCCOCCNC(=O)CCC(CCC(=O)NCCOCCOCCOCCNS(=O)(=O)c3cccc([C@@H]4CN(C)Cc5c(Cl)cc(Cl)cc54)c3)(CCC(=O)NCCOCCOCCOCCNS(=O)(=O)c3cccc([C@@H]4CN(C)Cc5c(Cl)cc(Cl)cc54)c3)NC(=O)c3ccc(-c4ccc(Cl)cc4)cc3)c2)C1. The molecule has 0 aliphatic carbocycles. The Kier molecular flexibility index (Phi) is 43.2. The Morgan fingerprint density at radius 1 is 0.358 bits per heavy atom. The second-order valence-corrected chi connectivity index (χ2v) is 41.8. The van der Waals surface area contributed by atoms with Crippen molar-refractivity contribution in [2.45, 2.75) is 103 Å². The van der Waals surface area contributed by atoms with E-state index in [1.165, 1.54) is 0 Å². The number of amides is 4. The van der Waals surface area contributed by atoms with Crippen LogP contribution in [0.25, 0.3) is 11.1 Å². The number of fused-ring (bicyclic) bond motifs is 3. The Balaban J connectivity index is 0.610. The monoisotopic (exact) mass is 2040 g/mol. The Labute approximate surface area is 821 Å². The highest BCUT2D eigenvalue weighted by Crippen LogP contribution is 2.43. The zero-order valence-corrected chi connectivity index (χ0v) is 83.1. The Bertz CT molecular complexity index is 5120. The summed E-state index contributed by atoms with van der Waals surface area (Å²) in [5, 5.41) is 15.6. The van der Waals surface area contributed by atoms with Crippen molar-refractivity contribution in [2.75, 3.05) is 198 Å². The molecule has 134 heavy (non-hydrogen) atoms. The summed E-state index contributed by atoms with van der Waals surface area (Å²) in [5.74, 6) is -2.13. The quantitative estimate of drug-likeness (QED) is 0.0193. The molecule has 3 atom stereocenters. The third kappa shape index (κ3) is 33.6. The van der Waals surface area contributed by atoms with Gasteiger partial charge in [-0.1, -0.05) is 142 Å². The lowest BCUT2D eigenvalue weighted by Gasteiger charge is -2.35. The Morgan fingerprint density at radius 3 is 1.01 bits per heavy atom. The summed E-state index contributed by atoms with van der Waals surface area (Å²) >= 11 is 45.2. The van der Waals surface area contributed by atoms with Crippen LogP contribution in [0.15, 0.2) is 172 Å². The second kappa shape index (κ2) is 53.9. The number of nitrogens with one attached hydrogen (secondary N) is 6. The van der Waals surface area contributed by atoms with Crippen LogP contribution in [0.4, 0.5) is 0 Å². The molecule has 0 aromatic heterocycles. The molecule has 0 saturated heterocycles. The molecule has 0 unspecified atom stereocenters. The topological polar surface area (TPSA) is 336 Å². The lowest BCUT2D eigenvalue weighted by molar-refractivity contribution is -0.121. The van der Waals surface area contributed by atoms with E-state index in [0.717, 1.165) is 61.2 Å². The van der Waals surface area contributed by atoms with Gasteiger partial charge in [-0.05, 0) is 205 Å². The summed E-state index contributed by atoms with van der Waals surface area (Å²) in [6.45, 7) is 7.64. The van der Waals surface area contributed by atoms with Gasteiger partial charge in [0.1, 0.15) is 0 Å². The zero-order chi connectivity index (χ0) is 95.6. The third-order valence-electron chi connectivity index (χ3n) is 23.2. The van der Waals surface area contributed by atoms with Crippen LogP contribution in [0.1, 0.15) is 123 Å². The van der Waals surface area contributed by atoms with Crippen molar-refractivity contribution in [2.24, 2.45) is 0 Å². The number of likely N-dealkylation sites (N-methyl/N-ethyl adjacent to an activating group) is 3. The molecule has 0 bridgehead atoms. The van der Waals surface area contributed by atoms with Crippen LogP contribution in [-0.4, -0.2) is 267 Å². The van der Waals surface area contributed by atoms with Crippen LogP contribution in [0.2, 0.25) is 35.2 Å². The highest BCUT2D eigenvalue weighted by molar-refractivity contribution is 7.91. The number of rotatable bonds is 57. The molecule has 8 aromatic rings. The maximum absolute atomic E-state index is 14.6. The van der Waals surface area contributed by atoms with E-state index in [1.807, 2.05) is 69.7 Å². The van der Waals surface area contributed by atoms with Gasteiger partial charge in [-0.3, -0.25) is 19.2 Å². The Hall–Kier alpha value is -7.04. The smallest absolute Gasteiger partial charge is 0.251 e. The van der Waals surface area contributed by atoms with Gasteiger partial charge in [0.05, 0.1) is 133 Å². The van der Waals surface area contributed by atoms with Crippen molar-refractivity contribution in [3.05, 3.63) is 249 Å². The van der Waals surface area contributed by atoms with E-state index in [4.69, 9.17) is 124 Å². The molecule has 0 saturated carbocycles. The zero-order valence-electron chi connectivity index (χ0n) is 75.4. The molecule has 11 rings (SSSR count). The minimum Gasteiger partial charge on any atom is -0.379 e. The molecule has 0 radical (unpaired) electrons. The first-order chi connectivity index (χ1) is 64.4. The van der Waals surface area contributed by atoms with Gasteiger partial charge in [-0.25, -0.2) is 34.7 Å². The fraction of sp³-hybridized carbons (Fsp3) is 0.458. The highest BCUT2D eigenvalue weighted by atomic mass is 35.5. The van der Waals surface area contributed by atoms with Crippen molar-refractivity contribution < 1.29 is 87.1 Å². The number of hydrogen-bond donors (Lipinski definition) is 6. The Morgan fingerprint density at radius 2 is 0.664 bits per heavy atom. The molecule has 4 amide bonds. The molecule has 728 valence electrons. The van der Waals surface area contributed by atoms with Gasteiger partial charge in [0, 0.05) is 162 Å². The normalized spacial score (nSPS) is 15.6. The maximum Gasteiger partial charge on any atom is 0.251 e. The first-order valence-corrected chi connectivity index (χ1v) is 51.9. The number of hydrogen-bond acceptors (Lipinski definition) is 22. The predicted molar refractivity (Wildman–Crippen MR) is 521 cm³/mol. The number of benzene rings is 8. The average molecular weight is 2050 g/mol. The fourth-order valence-electron chi connectivity index (χ4n) is 16.3. The molecular weight excluding hydrogens is 1930 g/mol. The molecule has 3 heterocycles. The fourth-order valence-corrected chi connectivity index (χ4v) is 21.6. The van der Waals surface area contributed by atoms with Gasteiger partial charge in [-0.2, -0.15) is 0 Å². The molecule has 0 fully saturated rings. The number of carbonyl (C=O) groups excluding carboxylic acids is 4. The van der Waals surface area contributed by atoms with Crippen LogP contribution in [0.3, 0.4) is 0 Å². The predicted octanol–water partition coefficient (Wildman–Crippen LogP) is 13.8. The summed E-state index contributed by atoms with van der Waals surface area (Å²) < 4.78 is 137. The van der Waals surface area contributed by atoms with E-state index in [2.05, 4.69) is 45.4 Å². The molecular formula is C96H118Cl7N9O19S3. The molecule has 8 aromatic carbocycles. The molecule has 38 heteroatoms. The van der Waals surface area contributed by atoms with Crippen LogP contribution >= 0.6 is 81.2 Å². The van der Waals surface area contributed by atoms with Crippen molar-refractivity contribution >= 4 is 135 Å². The van der Waals surface area contributed by atoms with Crippen molar-refractivity contribution in [1.82, 2.24) is 45.4 Å². The van der Waals surface area contributed by atoms with Gasteiger partial charge in [0.25, 0.3) is 5.91 Å². The number of ether oxygens (including phenoxy) is 9. The van der Waals surface area contributed by atoms with Crippen LogP contribution in [-0.2, 0) is 107 Å². The summed E-state index contributed by atoms with van der Waals surface area (Å²) in [7, 11) is -5.42. The van der Waals surface area contributed by atoms with Gasteiger partial charge in [0.15, 0.2) is 9.84 Å². The number of carbonyl (C=O) groups is 4. The van der Waals surface area contributed by atoms with Gasteiger partial charge in [0.2, 0.25) is 37.8 Å². The molecule has 3 aliphatic heterocycles. The van der Waals surface area contributed by atoms with E-state index in [1.54, 1.807) is 109 Å². The van der Waals surface area contributed by atoms with E-state index < -0.39 is 41.3 Å². The summed E-state index contributed by atoms with van der Waals surface area (Å²) in [5.41, 5.74) is 9.00. The van der Waals surface area contributed by atoms with E-state index in [-0.39, 0.29) is 258 Å². The summed E-state index contributed by atoms with van der Waals surface area (Å²) in [6.07, 6.45) is -0.0278. The maximum atomic E-state index is 14.6. The van der Waals surface area contributed by atoms with Crippen LogP contribution in [0.5, 0.6) is 0 Å². The third-order valence-corrected chi connectivity index (χ3v) is 29.8. The summed E-state index contributed by atoms with van der Waals surface area (Å²) in [4.78, 5) is 62.9. The molecule has 0 spiro atoms. The van der Waals surface area contributed by atoms with Crippen molar-refractivity contribution in [3.8, 4) is 11.1 Å². The van der Waals surface area contributed by atoms with E-state index in [9.17, 15) is 44.4 Å². The number of halogens is 7. The highest BCUT2D eigenvalue weighted by Gasteiger charge is 2.36. The molecule has 28 nitrogen and oxygen atoms in total. The second-order valence-electron chi connectivity index (χ2n) is 33.2. The van der Waals surface area contributed by atoms with Crippen LogP contribution in [0, 0.1) is 0 Å². The molecule has 6 N–H and O–H groups in total. The minimum absolute atomic E-state index is 0.0184. The van der Waals surface area contributed by atoms with E-state index >= 15 is 0 Å². The minimum atomic E-state index is -3.88. The standard InChI is InChI=1S/C96H118Cl7N9O19S3/c1-110-61-83(80-55-74(98)58-89(101)86(80)64-110)70-8-4-11-77(52-70)132(117,118)51-7-33-123-39-45-129-46-40-124-34-28-104-92(113)22-25-96(109-95(116)69-16-14-67(15-17-69)68-18-20-73(97)21-19-68,26-23-93(114)105-29-35-125-41-47-130-49-43-127-37-31-107-133(119,120)78-12-5-9-71(53-78)84-62-111(2)65-87-81(84)56-75(99)59-90(87)102)27-24-94(115)106-30-36-126-42-48-131-50-44-128-38-32-108-134(121,122)79-13-6-10-72(54-79)85-63-112(3)66-88-82(85)57-76(100)60-91(88)103/h4-6,8-21,52-60,83-85,107-108H,7,22-51,61-66H2,1-3H3,(H,104,113)(H,105,114)(H,106,115)(H,109,116)/t83-,84-,85-/m0/s1. The van der Waals surface area contributed by atoms with Crippen molar-refractivity contribution in [3.63, 3.8) is 0 Å². The van der Waals surface area contributed by atoms with Crippen LogP contribution < -0.4 is 30.7 Å². The first-order valence-electron chi connectivity index (χ1n) is 44.6. The lowest BCUT2D eigenvalue weighted by atomic mass is 9.82. The van der Waals surface area contributed by atoms with Gasteiger partial charge >= 0.3 is 0 Å². The summed E-state index contributed by atoms with van der Waals surface area (Å²) in [6, 6.07) is 45.8. The number of sulfonamides is 2.